The van der Waals surface area contributed by atoms with Crippen LogP contribution in [0.5, 0.6) is 0 Å². The molecule has 72 heavy (non-hydrogen) atoms. The van der Waals surface area contributed by atoms with E-state index in [0.29, 0.717) is 0 Å². The summed E-state index contributed by atoms with van der Waals surface area (Å²) in [6, 6.07) is 9.76. The summed E-state index contributed by atoms with van der Waals surface area (Å²) in [5.74, 6) is 0. The third-order valence-corrected chi connectivity index (χ3v) is 15.4. The van der Waals surface area contributed by atoms with Crippen molar-refractivity contribution >= 4 is 11.4 Å². The largest absolute Gasteiger partial charge is 2.00 e. The fraction of sp³-hybridized carbons (Fsp3) is 0.739. The minimum absolute atomic E-state index is 0. The zero-order valence-electron chi connectivity index (χ0n) is 49.9. The summed E-state index contributed by atoms with van der Waals surface area (Å²) < 4.78 is 1.67. The van der Waals surface area contributed by atoms with Crippen LogP contribution in [0.1, 0.15) is 337 Å². The molecule has 0 N–H and O–H groups in total. The van der Waals surface area contributed by atoms with Crippen LogP contribution in [0.3, 0.4) is 0 Å². The maximum absolute atomic E-state index is 12.6. The second-order valence-electron chi connectivity index (χ2n) is 22.0. The van der Waals surface area contributed by atoms with Gasteiger partial charge in [-0.3, -0.25) is 0 Å². The van der Waals surface area contributed by atoms with Gasteiger partial charge in [-0.2, -0.15) is 12.8 Å². The minimum Gasteiger partial charge on any atom is -0.493 e. The Kier molecular flexibility index (Phi) is 46.4. The molecule has 0 radical (unpaired) electrons. The van der Waals surface area contributed by atoms with E-state index in [9.17, 15) is 5.53 Å². The first-order valence-corrected chi connectivity index (χ1v) is 31.4. The quantitative estimate of drug-likeness (QED) is 0.0274. The molecule has 3 heteroatoms. The van der Waals surface area contributed by atoms with Crippen LogP contribution in [0.15, 0.2) is 35.4 Å². The molecule has 0 spiro atoms. The molecule has 1 heterocycles. The maximum Gasteiger partial charge on any atom is 2.00 e. The van der Waals surface area contributed by atoms with Gasteiger partial charge in [-0.05, 0) is 143 Å². The van der Waals surface area contributed by atoms with Crippen LogP contribution >= 0.6 is 0 Å². The van der Waals surface area contributed by atoms with E-state index < -0.39 is 0 Å². The van der Waals surface area contributed by atoms with E-state index >= 15 is 0 Å². The van der Waals surface area contributed by atoms with Gasteiger partial charge in [0.15, 0.2) is 0 Å². The van der Waals surface area contributed by atoms with Gasteiger partial charge in [-0.25, -0.2) is 4.70 Å². The summed E-state index contributed by atoms with van der Waals surface area (Å²) in [5.41, 5.74) is 28.8. The number of hydrogen-bond acceptors (Lipinski definition) is 0. The van der Waals surface area contributed by atoms with Crippen LogP contribution in [0, 0.1) is 34.6 Å². The topological polar surface area (TPSA) is 25.3 Å². The zero-order chi connectivity index (χ0) is 52.3. The van der Waals surface area contributed by atoms with Gasteiger partial charge in [0.2, 0.25) is 11.4 Å². The fourth-order valence-electron chi connectivity index (χ4n) is 10.6. The average molecular weight is 1080 g/mol. The Bertz CT molecular complexity index is 1610. The molecular weight excluding hydrogens is 963 g/mol. The molecule has 0 unspecified atom stereocenters. The molecule has 0 aromatic heterocycles. The van der Waals surface area contributed by atoms with Gasteiger partial charge in [0.1, 0.15) is 0 Å². The Labute approximate surface area is 465 Å². The van der Waals surface area contributed by atoms with Crippen molar-refractivity contribution < 1.29 is 25.1 Å². The molecule has 416 valence electrons. The number of rotatable bonds is 41. The molecule has 1 aliphatic heterocycles. The predicted octanol–water partition coefficient (Wildman–Crippen LogP) is 24.0. The molecule has 2 aromatic rings. The molecule has 0 saturated heterocycles. The van der Waals surface area contributed by atoms with Crippen molar-refractivity contribution in [2.24, 2.45) is 0 Å². The third kappa shape index (κ3) is 29.5. The summed E-state index contributed by atoms with van der Waals surface area (Å²) >= 11 is 0. The molecule has 0 amide bonds. The smallest absolute Gasteiger partial charge is 0.493 e. The average Bonchev–Trinajstić information content (AvgIpc) is 3.65. The number of nitrogens with zero attached hydrogens (tertiary/aromatic N) is 2. The third-order valence-electron chi connectivity index (χ3n) is 15.4. The first-order chi connectivity index (χ1) is 34.6. The van der Waals surface area contributed by atoms with Gasteiger partial charge in [-0.1, -0.05) is 235 Å². The molecule has 2 aromatic carbocycles. The van der Waals surface area contributed by atoms with Crippen LogP contribution in [-0.2, 0) is 39.7 Å². The van der Waals surface area contributed by atoms with Crippen molar-refractivity contribution in [3.05, 3.63) is 99.3 Å². The van der Waals surface area contributed by atoms with E-state index in [1.54, 1.807) is 21.4 Å². The first-order valence-electron chi connectivity index (χ1n) is 31.4. The van der Waals surface area contributed by atoms with Crippen LogP contribution in [0.25, 0.3) is 16.9 Å². The monoisotopic (exact) mass is 1080 g/mol. The molecule has 0 bridgehead atoms. The normalized spacial score (nSPS) is 12.3. The second kappa shape index (κ2) is 47.6. The molecule has 0 fully saturated rings. The fourth-order valence-corrected chi connectivity index (χ4v) is 10.6. The van der Waals surface area contributed by atoms with Gasteiger partial charge in [0, 0.05) is 22.3 Å². The van der Waals surface area contributed by atoms with Gasteiger partial charge < -0.3 is 19.4 Å². The number of hydrogen-bond donors (Lipinski definition) is 0. The van der Waals surface area contributed by atoms with E-state index in [1.165, 1.54) is 264 Å². The van der Waals surface area contributed by atoms with E-state index in [1.807, 2.05) is 0 Å². The molecule has 1 aliphatic rings. The van der Waals surface area contributed by atoms with Gasteiger partial charge in [0.05, 0.1) is 0 Å². The molecular formula is C69H120N2Pd. The van der Waals surface area contributed by atoms with Gasteiger partial charge in [-0.15, -0.1) is 0 Å². The Hall–Kier alpha value is -1.82. The van der Waals surface area contributed by atoms with E-state index in [4.69, 9.17) is 0 Å². The standard InChI is InChI=1S/C49H78N2.2C10H21.Pd/c1-9-14-19-24-29-41-36-44(37-42(30-25-20-15-10-2)45(41)31-26-21-16-11-3)49-47(33-28-23-18-13-5)46(32-27-22-17-12-4)48(51(49)50)43-34-38(6)40(8)39(7)35-43;2*1-3-5-7-9-10-8-6-4-2;/h34-37H,9-33H2,1-8H3;2*1,3-10H2,2H3;/q;2*-1;+2. The van der Waals surface area contributed by atoms with E-state index in [2.05, 4.69) is 107 Å². The molecule has 0 aliphatic carbocycles. The summed E-state index contributed by atoms with van der Waals surface area (Å²) in [7, 11) is 0. The zero-order valence-corrected chi connectivity index (χ0v) is 51.5. The van der Waals surface area contributed by atoms with Crippen molar-refractivity contribution in [3.63, 3.8) is 0 Å². The molecule has 0 saturated carbocycles. The van der Waals surface area contributed by atoms with E-state index in [-0.39, 0.29) is 20.4 Å². The van der Waals surface area contributed by atoms with Crippen LogP contribution in [-0.4, -0.2) is 4.70 Å². The number of aryl methyl sites for hydroxylation is 4. The second-order valence-corrected chi connectivity index (χ2v) is 22.0. The van der Waals surface area contributed by atoms with Crippen LogP contribution in [0.2, 0.25) is 0 Å². The summed E-state index contributed by atoms with van der Waals surface area (Å²) in [6.45, 7) is 30.4. The Morgan fingerprint density at radius 1 is 0.347 bits per heavy atom. The van der Waals surface area contributed by atoms with Gasteiger partial charge in [0.25, 0.3) is 0 Å². The number of allylic oxidation sites excluding steroid dienone is 2. The summed E-state index contributed by atoms with van der Waals surface area (Å²) in [5, 5.41) is 0. The number of unbranched alkanes of at least 4 members (excludes halogenated alkanes) is 29. The SMILES string of the molecule is CCCCCCC1=C(c2cc(C)c(C)c(C)c2)[N+](=[N-])C(c2cc(CCCCCC)c(CCCCCC)c(CCCCCC)c2)=C1CCCCCC.[CH2-]CCCCCCCCC.[CH2-]CCCCCCCCC.[Pd+2]. The Balaban J connectivity index is 0.00000200. The minimum atomic E-state index is 0. The molecule has 2 nitrogen and oxygen atoms in total. The Morgan fingerprint density at radius 3 is 0.931 bits per heavy atom. The van der Waals surface area contributed by atoms with Gasteiger partial charge >= 0.3 is 20.4 Å². The Morgan fingerprint density at radius 2 is 0.611 bits per heavy atom. The van der Waals surface area contributed by atoms with Crippen molar-refractivity contribution in [2.75, 3.05) is 0 Å². The van der Waals surface area contributed by atoms with Crippen LogP contribution < -0.4 is 0 Å². The molecule has 3 rings (SSSR count). The summed E-state index contributed by atoms with van der Waals surface area (Å²) in [6.07, 6.45) is 52.9. The maximum atomic E-state index is 12.6. The summed E-state index contributed by atoms with van der Waals surface area (Å²) in [4.78, 5) is 0. The van der Waals surface area contributed by atoms with Crippen molar-refractivity contribution in [2.45, 2.75) is 332 Å². The predicted molar refractivity (Wildman–Crippen MR) is 322 cm³/mol. The first kappa shape index (κ1) is 70.2. The molecule has 0 atom stereocenters. The van der Waals surface area contributed by atoms with E-state index in [0.717, 1.165) is 49.9 Å². The van der Waals surface area contributed by atoms with Crippen molar-refractivity contribution in [1.29, 1.82) is 0 Å². The number of benzene rings is 2. The van der Waals surface area contributed by atoms with Crippen molar-refractivity contribution in [1.82, 2.24) is 0 Å². The van der Waals surface area contributed by atoms with Crippen LogP contribution in [0.4, 0.5) is 0 Å². The van der Waals surface area contributed by atoms with Crippen molar-refractivity contribution in [3.8, 4) is 0 Å².